The summed E-state index contributed by atoms with van der Waals surface area (Å²) in [6.07, 6.45) is 0.906. The third-order valence-electron chi connectivity index (χ3n) is 3.94. The van der Waals surface area contributed by atoms with E-state index in [4.69, 9.17) is 13.9 Å². The SMILES string of the molecule is O=c1c(O)c(C2=COC(Cc3ccccc3)O2)oc2c(F)cc(F)cc12. The highest BCUT2D eigenvalue weighted by molar-refractivity contribution is 5.80. The van der Waals surface area contributed by atoms with Crippen LogP contribution in [0.25, 0.3) is 16.7 Å². The number of halogens is 2. The van der Waals surface area contributed by atoms with Gasteiger partial charge in [-0.1, -0.05) is 30.3 Å². The van der Waals surface area contributed by atoms with Crippen molar-refractivity contribution in [2.24, 2.45) is 0 Å². The molecule has 1 aliphatic rings. The van der Waals surface area contributed by atoms with Gasteiger partial charge in [0, 0.05) is 12.5 Å². The molecule has 1 unspecified atom stereocenters. The average molecular weight is 358 g/mol. The molecule has 0 amide bonds. The van der Waals surface area contributed by atoms with Gasteiger partial charge in [0.1, 0.15) is 12.1 Å². The maximum Gasteiger partial charge on any atom is 0.244 e. The quantitative estimate of drug-likeness (QED) is 0.773. The predicted octanol–water partition coefficient (Wildman–Crippen LogP) is 3.69. The second-order valence-electron chi connectivity index (χ2n) is 5.73. The first-order valence-electron chi connectivity index (χ1n) is 7.74. The highest BCUT2D eigenvalue weighted by Crippen LogP contribution is 2.33. The molecule has 0 bridgehead atoms. The number of ether oxygens (including phenoxy) is 2. The van der Waals surface area contributed by atoms with Gasteiger partial charge in [-0.05, 0) is 11.6 Å². The van der Waals surface area contributed by atoms with Crippen LogP contribution in [0.5, 0.6) is 5.75 Å². The number of fused-ring (bicyclic) bond motifs is 1. The monoisotopic (exact) mass is 358 g/mol. The summed E-state index contributed by atoms with van der Waals surface area (Å²) in [7, 11) is 0. The Bertz CT molecular complexity index is 1070. The first kappa shape index (κ1) is 16.1. The van der Waals surface area contributed by atoms with E-state index in [-0.39, 0.29) is 11.5 Å². The Morgan fingerprint density at radius 1 is 1.12 bits per heavy atom. The summed E-state index contributed by atoms with van der Waals surface area (Å²) in [5.41, 5.74) is -0.478. The van der Waals surface area contributed by atoms with Crippen molar-refractivity contribution in [2.45, 2.75) is 12.7 Å². The molecule has 0 spiro atoms. The number of rotatable bonds is 3. The summed E-state index contributed by atoms with van der Waals surface area (Å²) in [5.74, 6) is -3.23. The predicted molar refractivity (Wildman–Crippen MR) is 88.1 cm³/mol. The molecule has 2 heterocycles. The topological polar surface area (TPSA) is 68.9 Å². The van der Waals surface area contributed by atoms with Crippen LogP contribution in [-0.2, 0) is 15.9 Å². The van der Waals surface area contributed by atoms with Gasteiger partial charge in [0.05, 0.1) is 5.39 Å². The highest BCUT2D eigenvalue weighted by atomic mass is 19.1. The van der Waals surface area contributed by atoms with E-state index in [9.17, 15) is 18.7 Å². The second-order valence-corrected chi connectivity index (χ2v) is 5.73. The van der Waals surface area contributed by atoms with Crippen LogP contribution in [0.2, 0.25) is 0 Å². The summed E-state index contributed by atoms with van der Waals surface area (Å²) in [6.45, 7) is 0. The van der Waals surface area contributed by atoms with E-state index >= 15 is 0 Å². The van der Waals surface area contributed by atoms with Crippen LogP contribution in [0.1, 0.15) is 11.3 Å². The Kier molecular flexibility index (Phi) is 3.84. The third kappa shape index (κ3) is 2.77. The minimum Gasteiger partial charge on any atom is -0.501 e. The first-order valence-corrected chi connectivity index (χ1v) is 7.74. The molecule has 26 heavy (non-hydrogen) atoms. The van der Waals surface area contributed by atoms with Crippen LogP contribution < -0.4 is 5.43 Å². The van der Waals surface area contributed by atoms with Crippen LogP contribution >= 0.6 is 0 Å². The number of aromatic hydroxyl groups is 1. The maximum atomic E-state index is 13.9. The zero-order valence-corrected chi connectivity index (χ0v) is 13.2. The molecule has 4 rings (SSSR count). The van der Waals surface area contributed by atoms with Gasteiger partial charge >= 0.3 is 0 Å². The van der Waals surface area contributed by atoms with E-state index in [2.05, 4.69) is 0 Å². The molecule has 0 radical (unpaired) electrons. The fourth-order valence-electron chi connectivity index (χ4n) is 2.72. The Balaban J connectivity index is 1.67. The molecule has 1 N–H and O–H groups in total. The van der Waals surface area contributed by atoms with Crippen molar-refractivity contribution in [1.82, 2.24) is 0 Å². The number of hydrogen-bond donors (Lipinski definition) is 1. The summed E-state index contributed by atoms with van der Waals surface area (Å²) in [5, 5.41) is 9.69. The van der Waals surface area contributed by atoms with Crippen molar-refractivity contribution in [3.63, 3.8) is 0 Å². The van der Waals surface area contributed by atoms with Crippen LogP contribution in [0.3, 0.4) is 0 Å². The van der Waals surface area contributed by atoms with Crippen molar-refractivity contribution < 1.29 is 27.8 Å². The van der Waals surface area contributed by atoms with Gasteiger partial charge in [0.25, 0.3) is 0 Å². The zero-order valence-electron chi connectivity index (χ0n) is 13.2. The van der Waals surface area contributed by atoms with Gasteiger partial charge in [0.2, 0.25) is 29.0 Å². The molecule has 1 atom stereocenters. The molecule has 5 nitrogen and oxygen atoms in total. The van der Waals surface area contributed by atoms with E-state index in [1.165, 1.54) is 6.26 Å². The number of benzene rings is 2. The van der Waals surface area contributed by atoms with E-state index in [1.54, 1.807) is 0 Å². The first-order chi connectivity index (χ1) is 12.5. The summed E-state index contributed by atoms with van der Waals surface area (Å²) in [4.78, 5) is 12.2. The lowest BCUT2D eigenvalue weighted by Gasteiger charge is -2.12. The molecule has 1 aromatic heterocycles. The van der Waals surface area contributed by atoms with Gasteiger partial charge in [-0.2, -0.15) is 0 Å². The lowest BCUT2D eigenvalue weighted by Crippen LogP contribution is -2.12. The van der Waals surface area contributed by atoms with E-state index in [0.29, 0.717) is 12.5 Å². The van der Waals surface area contributed by atoms with Gasteiger partial charge in [-0.25, -0.2) is 8.78 Å². The Labute approximate surface area is 145 Å². The van der Waals surface area contributed by atoms with Gasteiger partial charge in [-0.15, -0.1) is 0 Å². The molecule has 132 valence electrons. The summed E-state index contributed by atoms with van der Waals surface area (Å²) >= 11 is 0. The van der Waals surface area contributed by atoms with Crippen molar-refractivity contribution >= 4 is 16.7 Å². The highest BCUT2D eigenvalue weighted by Gasteiger charge is 2.28. The number of hydrogen-bond acceptors (Lipinski definition) is 5. The van der Waals surface area contributed by atoms with Gasteiger partial charge in [0.15, 0.2) is 11.4 Å². The zero-order chi connectivity index (χ0) is 18.3. The van der Waals surface area contributed by atoms with E-state index < -0.39 is 40.1 Å². The minimum absolute atomic E-state index is 0.0499. The fraction of sp³-hybridized carbons (Fsp3) is 0.105. The van der Waals surface area contributed by atoms with Gasteiger partial charge < -0.3 is 19.0 Å². The molecule has 0 aliphatic carbocycles. The molecule has 0 saturated carbocycles. The lowest BCUT2D eigenvalue weighted by molar-refractivity contribution is -0.0146. The van der Waals surface area contributed by atoms with Crippen molar-refractivity contribution in [3.05, 3.63) is 81.9 Å². The Morgan fingerprint density at radius 3 is 2.65 bits per heavy atom. The summed E-state index contributed by atoms with van der Waals surface area (Å²) < 4.78 is 43.4. The lowest BCUT2D eigenvalue weighted by atomic mass is 10.1. The molecule has 1 aliphatic heterocycles. The van der Waals surface area contributed by atoms with Crippen molar-refractivity contribution in [1.29, 1.82) is 0 Å². The molecular formula is C19H12F2O5. The Morgan fingerprint density at radius 2 is 1.88 bits per heavy atom. The normalized spacial score (nSPS) is 16.2. The van der Waals surface area contributed by atoms with E-state index in [0.717, 1.165) is 11.6 Å². The molecule has 3 aromatic rings. The van der Waals surface area contributed by atoms with Crippen LogP contribution in [0, 0.1) is 11.6 Å². The summed E-state index contributed by atoms with van der Waals surface area (Å²) in [6, 6.07) is 10.8. The van der Waals surface area contributed by atoms with Crippen LogP contribution in [0.4, 0.5) is 8.78 Å². The second kappa shape index (κ2) is 6.18. The fourth-order valence-corrected chi connectivity index (χ4v) is 2.72. The molecule has 0 saturated heterocycles. The standard InChI is InChI=1S/C19H12F2O5/c20-11-7-12-16(22)17(23)19(26-18(12)13(21)8-11)14-9-24-15(25-14)6-10-4-2-1-3-5-10/h1-5,7-9,15,23H,6H2. The smallest absolute Gasteiger partial charge is 0.244 e. The Hall–Kier alpha value is -3.35. The molecule has 0 fully saturated rings. The largest absolute Gasteiger partial charge is 0.501 e. The average Bonchev–Trinajstić information content (AvgIpc) is 3.07. The van der Waals surface area contributed by atoms with Crippen LogP contribution in [0.15, 0.2) is 57.9 Å². The van der Waals surface area contributed by atoms with E-state index in [1.807, 2.05) is 30.3 Å². The third-order valence-corrected chi connectivity index (χ3v) is 3.94. The molecule has 7 heteroatoms. The van der Waals surface area contributed by atoms with Crippen molar-refractivity contribution in [3.8, 4) is 5.75 Å². The minimum atomic E-state index is -1.06. The molecule has 2 aromatic carbocycles. The molecular weight excluding hydrogens is 346 g/mol. The van der Waals surface area contributed by atoms with Crippen molar-refractivity contribution in [2.75, 3.05) is 0 Å². The van der Waals surface area contributed by atoms with Gasteiger partial charge in [-0.3, -0.25) is 4.79 Å². The van der Waals surface area contributed by atoms with Crippen LogP contribution in [-0.4, -0.2) is 11.4 Å². The maximum absolute atomic E-state index is 13.9.